The fourth-order valence-corrected chi connectivity index (χ4v) is 3.11. The Morgan fingerprint density at radius 2 is 1.72 bits per heavy atom. The summed E-state index contributed by atoms with van der Waals surface area (Å²) in [6, 6.07) is 15.5. The van der Waals surface area contributed by atoms with Crippen LogP contribution in [0.2, 0.25) is 0 Å². The first kappa shape index (κ1) is 15.2. The van der Waals surface area contributed by atoms with E-state index >= 15 is 0 Å². The van der Waals surface area contributed by atoms with Gasteiger partial charge in [0.2, 0.25) is 0 Å². The molecule has 2 aliphatic heterocycles. The number of fused-ring (bicyclic) bond motifs is 3. The van der Waals surface area contributed by atoms with Gasteiger partial charge in [-0.05, 0) is 29.8 Å². The van der Waals surface area contributed by atoms with E-state index in [0.29, 0.717) is 17.1 Å². The molecule has 0 atom stereocenters. The molecule has 2 heterocycles. The lowest BCUT2D eigenvalue weighted by Gasteiger charge is -2.17. The highest BCUT2D eigenvalue weighted by Gasteiger charge is 2.15. The summed E-state index contributed by atoms with van der Waals surface area (Å²) in [6.45, 7) is 0. The normalized spacial score (nSPS) is 11.0. The molecule has 0 aromatic heterocycles. The summed E-state index contributed by atoms with van der Waals surface area (Å²) in [5, 5.41) is 0.995. The van der Waals surface area contributed by atoms with Crippen LogP contribution in [0, 0.1) is 0 Å². The minimum Gasteiger partial charge on any atom is -0.493 e. The number of methoxy groups -OCH3 is 2. The van der Waals surface area contributed by atoms with Crippen LogP contribution in [0.5, 0.6) is 11.5 Å². The van der Waals surface area contributed by atoms with Gasteiger partial charge in [0.05, 0.1) is 25.3 Å². The molecule has 0 saturated heterocycles. The van der Waals surface area contributed by atoms with E-state index in [9.17, 15) is 4.79 Å². The average Bonchev–Trinajstić information content (AvgIpc) is 2.67. The molecule has 0 spiro atoms. The Kier molecular flexibility index (Phi) is 3.61. The van der Waals surface area contributed by atoms with E-state index in [4.69, 9.17) is 9.47 Å². The van der Waals surface area contributed by atoms with Gasteiger partial charge in [-0.25, -0.2) is 4.98 Å². The quantitative estimate of drug-likeness (QED) is 0.539. The van der Waals surface area contributed by atoms with Gasteiger partial charge in [0.15, 0.2) is 11.5 Å². The molecule has 124 valence electrons. The Morgan fingerprint density at radius 3 is 2.52 bits per heavy atom. The van der Waals surface area contributed by atoms with Gasteiger partial charge in [0.25, 0.3) is 5.56 Å². The molecule has 25 heavy (non-hydrogen) atoms. The van der Waals surface area contributed by atoms with Crippen LogP contribution in [-0.2, 0) is 0 Å². The smallest absolute Gasteiger partial charge is 0.279 e. The van der Waals surface area contributed by atoms with Gasteiger partial charge in [0.1, 0.15) is 0 Å². The van der Waals surface area contributed by atoms with Crippen molar-refractivity contribution in [3.05, 3.63) is 71.3 Å². The van der Waals surface area contributed by atoms with Crippen molar-refractivity contribution in [1.29, 1.82) is 0 Å². The molecule has 0 unspecified atom stereocenters. The van der Waals surface area contributed by atoms with Crippen molar-refractivity contribution in [2.75, 3.05) is 14.2 Å². The van der Waals surface area contributed by atoms with Crippen molar-refractivity contribution in [1.82, 2.24) is 9.55 Å². The molecule has 0 N–H and O–H groups in total. The van der Waals surface area contributed by atoms with E-state index < -0.39 is 0 Å². The maximum Gasteiger partial charge on any atom is 0.279 e. The van der Waals surface area contributed by atoms with Gasteiger partial charge >= 0.3 is 0 Å². The molecule has 0 saturated carbocycles. The maximum absolute atomic E-state index is 12.3. The second-order valence-corrected chi connectivity index (χ2v) is 5.63. The molecule has 5 heteroatoms. The van der Waals surface area contributed by atoms with Crippen LogP contribution in [0.3, 0.4) is 0 Å². The number of rotatable bonds is 3. The fraction of sp³-hybridized carbons (Fsp3) is 0.100. The Morgan fingerprint density at radius 1 is 0.920 bits per heavy atom. The molecule has 4 rings (SSSR count). The zero-order valence-electron chi connectivity index (χ0n) is 13.9. The lowest BCUT2D eigenvalue weighted by Crippen LogP contribution is -2.12. The summed E-state index contributed by atoms with van der Waals surface area (Å²) in [5.74, 6) is 1.29. The van der Waals surface area contributed by atoms with Gasteiger partial charge in [0, 0.05) is 29.5 Å². The number of hydrogen-bond donors (Lipinski definition) is 0. The van der Waals surface area contributed by atoms with Crippen LogP contribution < -0.4 is 15.0 Å². The first-order valence-electron chi connectivity index (χ1n) is 7.84. The molecule has 0 amide bonds. The van der Waals surface area contributed by atoms with Gasteiger partial charge in [-0.3, -0.25) is 4.79 Å². The van der Waals surface area contributed by atoms with Crippen LogP contribution >= 0.6 is 0 Å². The number of ether oxygens (including phenoxy) is 2. The number of benzene rings is 2. The number of pyridine rings is 2. The highest BCUT2D eigenvalue weighted by molar-refractivity contribution is 5.96. The Balaban J connectivity index is 2.09. The summed E-state index contributed by atoms with van der Waals surface area (Å²) >= 11 is 0. The van der Waals surface area contributed by atoms with Crippen LogP contribution in [0.15, 0.2) is 65.7 Å². The second kappa shape index (κ2) is 5.94. The third-order valence-electron chi connectivity index (χ3n) is 4.31. The minimum atomic E-state index is -0.238. The number of aromatic nitrogens is 2. The van der Waals surface area contributed by atoms with E-state index in [0.717, 1.165) is 22.2 Å². The molecular weight excluding hydrogens is 316 g/mol. The Hall–Kier alpha value is -3.34. The predicted molar refractivity (Wildman–Crippen MR) is 97.1 cm³/mol. The summed E-state index contributed by atoms with van der Waals surface area (Å²) in [5.41, 5.74) is 3.10. The van der Waals surface area contributed by atoms with Gasteiger partial charge < -0.3 is 14.0 Å². The highest BCUT2D eigenvalue weighted by Crippen LogP contribution is 2.33. The van der Waals surface area contributed by atoms with Crippen molar-refractivity contribution >= 4 is 10.9 Å². The summed E-state index contributed by atoms with van der Waals surface area (Å²) in [7, 11) is 3.20. The molecule has 0 fully saturated rings. The van der Waals surface area contributed by atoms with Gasteiger partial charge in [-0.1, -0.05) is 18.2 Å². The molecular formula is C20H16N2O3. The second-order valence-electron chi connectivity index (χ2n) is 5.63. The van der Waals surface area contributed by atoms with Gasteiger partial charge in [-0.2, -0.15) is 0 Å². The highest BCUT2D eigenvalue weighted by atomic mass is 16.5. The van der Waals surface area contributed by atoms with E-state index in [1.807, 2.05) is 59.3 Å². The van der Waals surface area contributed by atoms with Crippen LogP contribution in [0.1, 0.15) is 0 Å². The first-order chi connectivity index (χ1) is 12.2. The molecule has 2 aliphatic rings. The lowest BCUT2D eigenvalue weighted by atomic mass is 10.0. The van der Waals surface area contributed by atoms with Crippen molar-refractivity contribution in [2.24, 2.45) is 0 Å². The molecule has 0 aliphatic carbocycles. The van der Waals surface area contributed by atoms with Crippen LogP contribution in [0.25, 0.3) is 27.7 Å². The Labute approximate surface area is 144 Å². The van der Waals surface area contributed by atoms with Crippen molar-refractivity contribution < 1.29 is 9.47 Å². The zero-order chi connectivity index (χ0) is 17.4. The van der Waals surface area contributed by atoms with E-state index in [1.165, 1.54) is 0 Å². The number of nitrogens with zero attached hydrogens (tertiary/aromatic N) is 2. The third-order valence-corrected chi connectivity index (χ3v) is 4.31. The lowest BCUT2D eigenvalue weighted by molar-refractivity contribution is 0.355. The number of hydrogen-bond acceptors (Lipinski definition) is 4. The summed E-state index contributed by atoms with van der Waals surface area (Å²) in [6.07, 6.45) is 3.38. The van der Waals surface area contributed by atoms with E-state index in [1.54, 1.807) is 20.4 Å². The van der Waals surface area contributed by atoms with E-state index in [-0.39, 0.29) is 5.56 Å². The Bertz CT molecular complexity index is 1100. The van der Waals surface area contributed by atoms with E-state index in [2.05, 4.69) is 4.98 Å². The van der Waals surface area contributed by atoms with Crippen LogP contribution in [0.4, 0.5) is 0 Å². The van der Waals surface area contributed by atoms with Gasteiger partial charge in [-0.15, -0.1) is 0 Å². The third kappa shape index (κ3) is 2.41. The minimum absolute atomic E-state index is 0.238. The summed E-state index contributed by atoms with van der Waals surface area (Å²) < 4.78 is 12.7. The van der Waals surface area contributed by atoms with Crippen molar-refractivity contribution in [2.45, 2.75) is 0 Å². The monoisotopic (exact) mass is 332 g/mol. The summed E-state index contributed by atoms with van der Waals surface area (Å²) in [4.78, 5) is 16.2. The molecule has 5 nitrogen and oxygen atoms in total. The topological polar surface area (TPSA) is 53.4 Å². The standard InChI is InChI=1S/C20H16N2O3/c1-24-18-8-7-13(11-19(18)25-2)22-12-16-14(9-10-21-20(16)23)15-5-3-4-6-17(15)22/h3-12H,1-2H3. The number of para-hydroxylation sites is 1. The van der Waals surface area contributed by atoms with Crippen molar-refractivity contribution in [3.8, 4) is 28.3 Å². The first-order valence-corrected chi connectivity index (χ1v) is 7.84. The fourth-order valence-electron chi connectivity index (χ4n) is 3.11. The predicted octanol–water partition coefficient (Wildman–Crippen LogP) is 3.51. The zero-order valence-corrected chi connectivity index (χ0v) is 13.9. The SMILES string of the molecule is COc1ccc(-n2cc3c(=O)nccc-3c3ccccc32)cc1OC. The maximum atomic E-state index is 12.3. The van der Waals surface area contributed by atoms with Crippen molar-refractivity contribution in [3.63, 3.8) is 0 Å². The molecule has 2 aromatic carbocycles. The molecule has 0 radical (unpaired) electrons. The molecule has 2 aromatic rings. The molecule has 0 bridgehead atoms. The average molecular weight is 332 g/mol. The largest absolute Gasteiger partial charge is 0.493 e. The van der Waals surface area contributed by atoms with Crippen LogP contribution in [-0.4, -0.2) is 23.8 Å².